The molecule has 0 radical (unpaired) electrons. The normalized spacial score (nSPS) is 11.0. The Balaban J connectivity index is 0.00000109. The predicted molar refractivity (Wildman–Crippen MR) is 206 cm³/mol. The van der Waals surface area contributed by atoms with Gasteiger partial charge in [0.25, 0.3) is 0 Å². The van der Waals surface area contributed by atoms with Crippen molar-refractivity contribution in [2.45, 2.75) is 26.6 Å². The highest BCUT2D eigenvalue weighted by atomic mass is 19.4. The first kappa shape index (κ1) is 40.3. The number of benzene rings is 6. The molecule has 55 heavy (non-hydrogen) atoms. The van der Waals surface area contributed by atoms with Gasteiger partial charge in [0.1, 0.15) is 34.6 Å². The lowest BCUT2D eigenvalue weighted by atomic mass is 9.98. The minimum atomic E-state index is -4.80. The molecule has 0 unspecified atom stereocenters. The molecular weight excluding hydrogens is 715 g/mol. The molecule has 6 aromatic carbocycles. The summed E-state index contributed by atoms with van der Waals surface area (Å²) >= 11 is 0. The van der Waals surface area contributed by atoms with Gasteiger partial charge in [-0.3, -0.25) is 0 Å². The second-order valence-electron chi connectivity index (χ2n) is 12.5. The van der Waals surface area contributed by atoms with Gasteiger partial charge in [0, 0.05) is 11.1 Å². The molecule has 0 amide bonds. The molecule has 0 spiro atoms. The minimum Gasteiger partial charge on any atom is -0.497 e. The van der Waals surface area contributed by atoms with E-state index in [1.165, 1.54) is 24.3 Å². The van der Waals surface area contributed by atoms with Crippen molar-refractivity contribution in [2.75, 3.05) is 27.0 Å². The molecule has 0 aliphatic carbocycles. The molecule has 0 aliphatic heterocycles. The van der Waals surface area contributed by atoms with Crippen LogP contribution in [0.25, 0.3) is 44.5 Å². The van der Waals surface area contributed by atoms with E-state index in [1.807, 2.05) is 56.3 Å². The third-order valence-corrected chi connectivity index (χ3v) is 8.59. The number of hydrogen-bond donors (Lipinski definition) is 2. The lowest BCUT2D eigenvalue weighted by Gasteiger charge is -2.14. The molecule has 4 N–H and O–H groups in total. The number of ether oxygens (including phenoxy) is 4. The molecule has 0 fully saturated rings. The van der Waals surface area contributed by atoms with Crippen LogP contribution >= 0.6 is 0 Å². The van der Waals surface area contributed by atoms with Crippen LogP contribution in [-0.4, -0.2) is 33.4 Å². The van der Waals surface area contributed by atoms with Gasteiger partial charge in [0.2, 0.25) is 6.79 Å². The Morgan fingerprint density at radius 1 is 0.509 bits per heavy atom. The van der Waals surface area contributed by atoms with Crippen molar-refractivity contribution < 1.29 is 40.9 Å². The van der Waals surface area contributed by atoms with E-state index in [0.29, 0.717) is 33.9 Å². The summed E-state index contributed by atoms with van der Waals surface area (Å²) in [6.45, 7) is 5.16. The van der Waals surface area contributed by atoms with Crippen LogP contribution in [0.5, 0.6) is 23.0 Å². The number of alkyl halides is 3. The molecule has 0 aliphatic rings. The Morgan fingerprint density at radius 2 is 0.891 bits per heavy atom. The van der Waals surface area contributed by atoms with Crippen molar-refractivity contribution in [2.24, 2.45) is 11.5 Å². The van der Waals surface area contributed by atoms with Gasteiger partial charge in [-0.15, -0.1) is 13.2 Å². The average molecular weight is 757 g/mol. The zero-order chi connectivity index (χ0) is 39.5. The molecule has 11 heteroatoms. The van der Waals surface area contributed by atoms with Gasteiger partial charge in [-0.25, -0.2) is 8.78 Å². The number of methoxy groups -OCH3 is 1. The first-order valence-corrected chi connectivity index (χ1v) is 17.4. The first-order chi connectivity index (χ1) is 26.4. The fourth-order valence-corrected chi connectivity index (χ4v) is 5.72. The van der Waals surface area contributed by atoms with E-state index in [4.69, 9.17) is 25.7 Å². The Hall–Kier alpha value is -5.91. The SMILES string of the molecule is COc1ccc(-c2ccc(-c3ccc(OCOc4ccc(-c5ccc(-c6ccc(OC(F)(F)F)cc6)c(F)c5)cc4C)c(C)c3)cc2F)cc1.NCCCN. The average Bonchev–Trinajstić information content (AvgIpc) is 3.16. The second-order valence-corrected chi connectivity index (χ2v) is 12.5. The summed E-state index contributed by atoms with van der Waals surface area (Å²) in [6.07, 6.45) is -3.86. The Kier molecular flexibility index (Phi) is 13.5. The van der Waals surface area contributed by atoms with Crippen molar-refractivity contribution in [1.82, 2.24) is 0 Å². The van der Waals surface area contributed by atoms with E-state index < -0.39 is 12.2 Å². The van der Waals surface area contributed by atoms with E-state index in [2.05, 4.69) is 4.74 Å². The van der Waals surface area contributed by atoms with Gasteiger partial charge in [-0.05, 0) is 139 Å². The maximum atomic E-state index is 15.1. The van der Waals surface area contributed by atoms with E-state index in [0.717, 1.165) is 65.0 Å². The molecule has 0 atom stereocenters. The molecular formula is C44H41F5N2O4. The highest BCUT2D eigenvalue weighted by Gasteiger charge is 2.31. The van der Waals surface area contributed by atoms with E-state index in [1.54, 1.807) is 49.6 Å². The number of aryl methyl sites for hydroxylation is 2. The van der Waals surface area contributed by atoms with Gasteiger partial charge in [-0.1, -0.05) is 60.7 Å². The highest BCUT2D eigenvalue weighted by molar-refractivity contribution is 5.73. The van der Waals surface area contributed by atoms with Crippen molar-refractivity contribution in [3.05, 3.63) is 144 Å². The second kappa shape index (κ2) is 18.4. The van der Waals surface area contributed by atoms with E-state index in [9.17, 15) is 13.2 Å². The lowest BCUT2D eigenvalue weighted by Crippen LogP contribution is -2.16. The van der Waals surface area contributed by atoms with Gasteiger partial charge in [0.15, 0.2) is 0 Å². The third kappa shape index (κ3) is 10.8. The summed E-state index contributed by atoms with van der Waals surface area (Å²) < 4.78 is 88.4. The monoisotopic (exact) mass is 756 g/mol. The smallest absolute Gasteiger partial charge is 0.497 e. The Bertz CT molecular complexity index is 2190. The molecule has 6 aromatic rings. The van der Waals surface area contributed by atoms with Crippen molar-refractivity contribution >= 4 is 0 Å². The molecule has 0 bridgehead atoms. The van der Waals surface area contributed by atoms with Crippen LogP contribution in [0, 0.1) is 25.5 Å². The van der Waals surface area contributed by atoms with Crippen LogP contribution in [0.2, 0.25) is 0 Å². The summed E-state index contributed by atoms with van der Waals surface area (Å²) in [4.78, 5) is 0. The van der Waals surface area contributed by atoms with Gasteiger partial charge < -0.3 is 30.4 Å². The standard InChI is InChI=1S/C41H31F5O4.C3H10N2/c1-25-20-29(31-8-16-35(37(42)22-31)27-4-12-33(47-3)13-5-27)10-18-39(25)48-24-49-40-19-11-30(21-26(40)2)32-9-17-36(38(43)23-32)28-6-14-34(15-7-28)50-41(44,45)46;4-2-1-3-5/h4-23H,24H2,1-3H3;1-5H2. The zero-order valence-electron chi connectivity index (χ0n) is 30.6. The lowest BCUT2D eigenvalue weighted by molar-refractivity contribution is -0.274. The summed E-state index contributed by atoms with van der Waals surface area (Å²) in [5.41, 5.74) is 16.7. The predicted octanol–water partition coefficient (Wildman–Crippen LogP) is 10.9. The molecule has 0 aromatic heterocycles. The molecule has 6 nitrogen and oxygen atoms in total. The fraction of sp³-hybridized carbons (Fsp3) is 0.182. The third-order valence-electron chi connectivity index (χ3n) is 8.59. The van der Waals surface area contributed by atoms with Crippen molar-refractivity contribution in [3.8, 4) is 67.5 Å². The van der Waals surface area contributed by atoms with Gasteiger partial charge >= 0.3 is 6.36 Å². The zero-order valence-corrected chi connectivity index (χ0v) is 30.6. The molecule has 0 saturated carbocycles. The summed E-state index contributed by atoms with van der Waals surface area (Å²) in [5, 5.41) is 0. The largest absolute Gasteiger partial charge is 0.573 e. The van der Waals surface area contributed by atoms with E-state index in [-0.39, 0.29) is 23.9 Å². The van der Waals surface area contributed by atoms with Crippen molar-refractivity contribution in [1.29, 1.82) is 0 Å². The van der Waals surface area contributed by atoms with Crippen LogP contribution in [0.3, 0.4) is 0 Å². The molecule has 0 saturated heterocycles. The summed E-state index contributed by atoms with van der Waals surface area (Å²) in [6, 6.07) is 33.2. The first-order valence-electron chi connectivity index (χ1n) is 17.4. The fourth-order valence-electron chi connectivity index (χ4n) is 5.72. The molecule has 0 heterocycles. The minimum absolute atomic E-state index is 0.0539. The Morgan fingerprint density at radius 3 is 1.24 bits per heavy atom. The van der Waals surface area contributed by atoms with Gasteiger partial charge in [-0.2, -0.15) is 0 Å². The van der Waals surface area contributed by atoms with E-state index >= 15 is 8.78 Å². The summed E-state index contributed by atoms with van der Waals surface area (Å²) in [5.74, 6) is 0.697. The van der Waals surface area contributed by atoms with Crippen molar-refractivity contribution in [3.63, 3.8) is 0 Å². The van der Waals surface area contributed by atoms with Crippen LogP contribution in [0.1, 0.15) is 17.5 Å². The molecule has 6 rings (SSSR count). The Labute approximate surface area is 317 Å². The number of rotatable bonds is 12. The molecule has 286 valence electrons. The maximum absolute atomic E-state index is 15.1. The summed E-state index contributed by atoms with van der Waals surface area (Å²) in [7, 11) is 1.59. The maximum Gasteiger partial charge on any atom is 0.573 e. The van der Waals surface area contributed by atoms with Crippen LogP contribution < -0.4 is 30.4 Å². The van der Waals surface area contributed by atoms with Gasteiger partial charge in [0.05, 0.1) is 7.11 Å². The number of hydrogen-bond acceptors (Lipinski definition) is 6. The van der Waals surface area contributed by atoms with Crippen LogP contribution in [0.4, 0.5) is 22.0 Å². The quantitative estimate of drug-likeness (QED) is 0.0955. The van der Waals surface area contributed by atoms with Crippen LogP contribution in [-0.2, 0) is 0 Å². The number of halogens is 5. The highest BCUT2D eigenvalue weighted by Crippen LogP contribution is 2.34. The number of nitrogens with two attached hydrogens (primary N) is 2. The van der Waals surface area contributed by atoms with Crippen LogP contribution in [0.15, 0.2) is 121 Å². The topological polar surface area (TPSA) is 89.0 Å².